The number of carbonyl (C=O) groups is 2. The lowest BCUT2D eigenvalue weighted by atomic mass is 10.2. The number of imide groups is 1. The van der Waals surface area contributed by atoms with Crippen LogP contribution in [0.25, 0.3) is 0 Å². The van der Waals surface area contributed by atoms with Gasteiger partial charge in [0, 0.05) is 0 Å². The van der Waals surface area contributed by atoms with Crippen LogP contribution in [-0.2, 0) is 13.9 Å². The quantitative estimate of drug-likeness (QED) is 0.441. The molecule has 0 rings (SSSR count). The van der Waals surface area contributed by atoms with Crippen LogP contribution in [-0.4, -0.2) is 42.8 Å². The Morgan fingerprint density at radius 3 is 1.42 bits per heavy atom. The molecule has 7 heteroatoms. The second kappa shape index (κ2) is 8.29. The van der Waals surface area contributed by atoms with Gasteiger partial charge in [-0.15, -0.1) is 0 Å². The van der Waals surface area contributed by atoms with Crippen LogP contribution in [0.2, 0.25) is 18.1 Å². The molecule has 0 saturated carbocycles. The van der Waals surface area contributed by atoms with Crippen LogP contribution in [0, 0.1) is 0 Å². The minimum Gasteiger partial charge on any atom is -0.443 e. The lowest BCUT2D eigenvalue weighted by Crippen LogP contribution is -2.54. The van der Waals surface area contributed by atoms with Crippen LogP contribution >= 0.6 is 0 Å². The molecular weight excluding hydrogens is 350 g/mol. The van der Waals surface area contributed by atoms with Gasteiger partial charge in [0.15, 0.2) is 8.32 Å². The SMILES string of the molecule is CCC(O[Si](C)(C)C(C)(C)C)N(C(=O)OC(C)(C)C)C(=O)OC(C)(C)C. The van der Waals surface area contributed by atoms with Crippen molar-refractivity contribution in [3.63, 3.8) is 0 Å². The van der Waals surface area contributed by atoms with Crippen LogP contribution < -0.4 is 0 Å². The van der Waals surface area contributed by atoms with E-state index in [0.717, 1.165) is 4.90 Å². The molecule has 154 valence electrons. The minimum absolute atomic E-state index is 0.0616. The van der Waals surface area contributed by atoms with Crippen LogP contribution in [0.5, 0.6) is 0 Å². The first-order valence-corrected chi connectivity index (χ1v) is 12.1. The van der Waals surface area contributed by atoms with E-state index in [1.165, 1.54) is 0 Å². The van der Waals surface area contributed by atoms with E-state index >= 15 is 0 Å². The zero-order chi connectivity index (χ0) is 21.1. The summed E-state index contributed by atoms with van der Waals surface area (Å²) in [5, 5.41) is -0.0616. The summed E-state index contributed by atoms with van der Waals surface area (Å²) in [5.74, 6) is 0. The average molecular weight is 390 g/mol. The van der Waals surface area contributed by atoms with Gasteiger partial charge in [0.2, 0.25) is 0 Å². The average Bonchev–Trinajstić information content (AvgIpc) is 2.31. The van der Waals surface area contributed by atoms with E-state index in [1.807, 2.05) is 6.92 Å². The summed E-state index contributed by atoms with van der Waals surface area (Å²) in [6, 6.07) is 0. The molecule has 0 saturated heterocycles. The van der Waals surface area contributed by atoms with Gasteiger partial charge in [-0.3, -0.25) is 0 Å². The lowest BCUT2D eigenvalue weighted by Gasteiger charge is -2.41. The van der Waals surface area contributed by atoms with Gasteiger partial charge in [0.25, 0.3) is 0 Å². The van der Waals surface area contributed by atoms with Crippen molar-refractivity contribution in [2.75, 3.05) is 0 Å². The van der Waals surface area contributed by atoms with Crippen molar-refractivity contribution in [3.8, 4) is 0 Å². The van der Waals surface area contributed by atoms with Crippen LogP contribution in [0.1, 0.15) is 75.7 Å². The lowest BCUT2D eigenvalue weighted by molar-refractivity contribution is -0.0405. The molecular formula is C19H39NO5Si. The second-order valence-electron chi connectivity index (χ2n) is 10.1. The standard InChI is InChI=1S/C19H39NO5Si/c1-13-14(25-26(11,12)19(8,9)10)20(15(21)23-17(2,3)4)16(22)24-18(5,6)7/h14H,13H2,1-12H3. The normalized spacial score (nSPS) is 14.6. The van der Waals surface area contributed by atoms with Crippen molar-refractivity contribution in [1.82, 2.24) is 4.90 Å². The van der Waals surface area contributed by atoms with Gasteiger partial charge in [0.05, 0.1) is 0 Å². The van der Waals surface area contributed by atoms with E-state index in [-0.39, 0.29) is 5.04 Å². The molecule has 0 N–H and O–H groups in total. The van der Waals surface area contributed by atoms with E-state index in [0.29, 0.717) is 6.42 Å². The zero-order valence-electron chi connectivity index (χ0n) is 18.8. The van der Waals surface area contributed by atoms with Crippen molar-refractivity contribution in [2.24, 2.45) is 0 Å². The van der Waals surface area contributed by atoms with Gasteiger partial charge in [-0.1, -0.05) is 27.7 Å². The van der Waals surface area contributed by atoms with Crippen molar-refractivity contribution in [1.29, 1.82) is 0 Å². The van der Waals surface area contributed by atoms with Crippen molar-refractivity contribution >= 4 is 20.5 Å². The maximum Gasteiger partial charge on any atom is 0.421 e. The van der Waals surface area contributed by atoms with Crippen molar-refractivity contribution in [3.05, 3.63) is 0 Å². The highest BCUT2D eigenvalue weighted by Crippen LogP contribution is 2.38. The molecule has 0 radical (unpaired) electrons. The van der Waals surface area contributed by atoms with Crippen molar-refractivity contribution < 1.29 is 23.5 Å². The van der Waals surface area contributed by atoms with Gasteiger partial charge in [-0.05, 0) is 66.1 Å². The first-order chi connectivity index (χ1) is 11.3. The van der Waals surface area contributed by atoms with Crippen molar-refractivity contribution in [2.45, 2.75) is 111 Å². The number of carbonyl (C=O) groups excluding carboxylic acids is 2. The Balaban J connectivity index is 5.79. The maximum atomic E-state index is 12.8. The molecule has 1 unspecified atom stereocenters. The number of hydrogen-bond acceptors (Lipinski definition) is 5. The smallest absolute Gasteiger partial charge is 0.421 e. The van der Waals surface area contributed by atoms with Gasteiger partial charge in [0.1, 0.15) is 17.4 Å². The predicted octanol–water partition coefficient (Wildman–Crippen LogP) is 5.92. The molecule has 0 spiro atoms. The fraction of sp³-hybridized carbons (Fsp3) is 0.895. The van der Waals surface area contributed by atoms with Crippen LogP contribution in [0.4, 0.5) is 9.59 Å². The summed E-state index contributed by atoms with van der Waals surface area (Å²) < 4.78 is 17.2. The van der Waals surface area contributed by atoms with E-state index in [2.05, 4.69) is 33.9 Å². The first-order valence-electron chi connectivity index (χ1n) is 9.24. The Bertz CT molecular complexity index is 470. The predicted molar refractivity (Wildman–Crippen MR) is 107 cm³/mol. The molecule has 0 aliphatic rings. The third kappa shape index (κ3) is 8.08. The number of ether oxygens (including phenoxy) is 2. The second-order valence-corrected chi connectivity index (χ2v) is 14.8. The number of rotatable bonds is 4. The number of nitrogens with zero attached hydrogens (tertiary/aromatic N) is 1. The fourth-order valence-electron chi connectivity index (χ4n) is 1.77. The number of amides is 2. The highest BCUT2D eigenvalue weighted by Gasteiger charge is 2.44. The van der Waals surface area contributed by atoms with Gasteiger partial charge < -0.3 is 13.9 Å². The third-order valence-electron chi connectivity index (χ3n) is 4.05. The highest BCUT2D eigenvalue weighted by atomic mass is 28.4. The molecule has 2 amide bonds. The fourth-order valence-corrected chi connectivity index (χ4v) is 3.07. The third-order valence-corrected chi connectivity index (χ3v) is 8.53. The summed E-state index contributed by atoms with van der Waals surface area (Å²) in [4.78, 5) is 26.5. The van der Waals surface area contributed by atoms with E-state index < -0.39 is 37.9 Å². The summed E-state index contributed by atoms with van der Waals surface area (Å²) in [6.45, 7) is 22.9. The molecule has 1 atom stereocenters. The van der Waals surface area contributed by atoms with Gasteiger partial charge in [-0.2, -0.15) is 4.90 Å². The van der Waals surface area contributed by atoms with Gasteiger partial charge >= 0.3 is 12.2 Å². The largest absolute Gasteiger partial charge is 0.443 e. The Morgan fingerprint density at radius 2 is 1.19 bits per heavy atom. The Kier molecular flexibility index (Phi) is 7.95. The van der Waals surface area contributed by atoms with E-state index in [9.17, 15) is 9.59 Å². The van der Waals surface area contributed by atoms with Gasteiger partial charge in [-0.25, -0.2) is 9.59 Å². The molecule has 0 bridgehead atoms. The monoisotopic (exact) mass is 389 g/mol. The van der Waals surface area contributed by atoms with E-state index in [4.69, 9.17) is 13.9 Å². The molecule has 0 aliphatic carbocycles. The van der Waals surface area contributed by atoms with E-state index in [1.54, 1.807) is 41.5 Å². The molecule has 0 aromatic rings. The Morgan fingerprint density at radius 1 is 0.846 bits per heavy atom. The topological polar surface area (TPSA) is 65.1 Å². The summed E-state index contributed by atoms with van der Waals surface area (Å²) in [5.41, 5.74) is -1.46. The zero-order valence-corrected chi connectivity index (χ0v) is 19.8. The molecule has 6 nitrogen and oxygen atoms in total. The van der Waals surface area contributed by atoms with Crippen LogP contribution in [0.15, 0.2) is 0 Å². The summed E-state index contributed by atoms with van der Waals surface area (Å²) in [7, 11) is -2.22. The molecule has 26 heavy (non-hydrogen) atoms. The maximum absolute atomic E-state index is 12.8. The number of hydrogen-bond donors (Lipinski definition) is 0. The molecule has 0 heterocycles. The first kappa shape index (κ1) is 24.9. The Labute approximate surface area is 160 Å². The Hall–Kier alpha value is -1.08. The summed E-state index contributed by atoms with van der Waals surface area (Å²) in [6.07, 6.45) is -1.79. The molecule has 0 aliphatic heterocycles. The molecule has 0 fully saturated rings. The molecule has 0 aromatic heterocycles. The van der Waals surface area contributed by atoms with Crippen LogP contribution in [0.3, 0.4) is 0 Å². The summed E-state index contributed by atoms with van der Waals surface area (Å²) >= 11 is 0. The minimum atomic E-state index is -2.22. The highest BCUT2D eigenvalue weighted by molar-refractivity contribution is 6.74. The molecule has 0 aromatic carbocycles.